The third kappa shape index (κ3) is 4.02. The highest BCUT2D eigenvalue weighted by Gasteiger charge is 2.21. The van der Waals surface area contributed by atoms with E-state index < -0.39 is 5.41 Å². The van der Waals surface area contributed by atoms with E-state index in [0.717, 1.165) is 10.9 Å². The summed E-state index contributed by atoms with van der Waals surface area (Å²) in [5.74, 6) is -0.432. The molecule has 110 valence electrons. The van der Waals surface area contributed by atoms with Gasteiger partial charge in [0.2, 0.25) is 11.8 Å². The summed E-state index contributed by atoms with van der Waals surface area (Å²) in [6.45, 7) is 5.34. The quantitative estimate of drug-likeness (QED) is 0.909. The Kier molecular flexibility index (Phi) is 4.21. The molecule has 2 N–H and O–H groups in total. The van der Waals surface area contributed by atoms with E-state index in [4.69, 9.17) is 0 Å². The van der Waals surface area contributed by atoms with E-state index in [2.05, 4.69) is 15.6 Å². The lowest BCUT2D eigenvalue weighted by atomic mass is 9.96. The number of nitrogens with one attached hydrogen (secondary N) is 2. The minimum Gasteiger partial charge on any atom is -0.347 e. The van der Waals surface area contributed by atoms with Crippen molar-refractivity contribution in [2.45, 2.75) is 20.8 Å². The molecule has 0 unspecified atom stereocenters. The SMILES string of the molecule is CC(C)(C)C(=O)NCC(=O)Nc1cnc2ccccc2c1. The lowest BCUT2D eigenvalue weighted by Gasteiger charge is -2.17. The predicted molar refractivity (Wildman–Crippen MR) is 82.8 cm³/mol. The zero-order chi connectivity index (χ0) is 15.5. The van der Waals surface area contributed by atoms with Gasteiger partial charge in [-0.15, -0.1) is 0 Å². The van der Waals surface area contributed by atoms with E-state index in [9.17, 15) is 9.59 Å². The zero-order valence-electron chi connectivity index (χ0n) is 12.4. The normalized spacial score (nSPS) is 11.2. The van der Waals surface area contributed by atoms with Crippen LogP contribution in [0.25, 0.3) is 10.9 Å². The van der Waals surface area contributed by atoms with E-state index >= 15 is 0 Å². The zero-order valence-corrected chi connectivity index (χ0v) is 12.4. The van der Waals surface area contributed by atoms with Crippen molar-refractivity contribution in [1.29, 1.82) is 0 Å². The third-order valence-corrected chi connectivity index (χ3v) is 2.96. The third-order valence-electron chi connectivity index (χ3n) is 2.96. The molecule has 0 radical (unpaired) electrons. The summed E-state index contributed by atoms with van der Waals surface area (Å²) in [6, 6.07) is 9.52. The number of carbonyl (C=O) groups excluding carboxylic acids is 2. The summed E-state index contributed by atoms with van der Waals surface area (Å²) in [5, 5.41) is 6.29. The fraction of sp³-hybridized carbons (Fsp3) is 0.312. The number of carbonyl (C=O) groups is 2. The van der Waals surface area contributed by atoms with Crippen LogP contribution < -0.4 is 10.6 Å². The highest BCUT2D eigenvalue weighted by atomic mass is 16.2. The van der Waals surface area contributed by atoms with Gasteiger partial charge in [0.25, 0.3) is 0 Å². The van der Waals surface area contributed by atoms with E-state index in [1.54, 1.807) is 27.0 Å². The van der Waals surface area contributed by atoms with Crippen molar-refractivity contribution in [3.63, 3.8) is 0 Å². The van der Waals surface area contributed by atoms with Crippen LogP contribution in [0.5, 0.6) is 0 Å². The molecular weight excluding hydrogens is 266 g/mol. The summed E-state index contributed by atoms with van der Waals surface area (Å²) in [5.41, 5.74) is 0.977. The van der Waals surface area contributed by atoms with Crippen LogP contribution in [-0.4, -0.2) is 23.3 Å². The van der Waals surface area contributed by atoms with Crippen LogP contribution in [0.2, 0.25) is 0 Å². The first-order valence-corrected chi connectivity index (χ1v) is 6.79. The highest BCUT2D eigenvalue weighted by Crippen LogP contribution is 2.16. The maximum absolute atomic E-state index is 11.8. The average molecular weight is 285 g/mol. The van der Waals surface area contributed by atoms with Gasteiger partial charge in [-0.2, -0.15) is 0 Å². The van der Waals surface area contributed by atoms with Crippen molar-refractivity contribution in [3.8, 4) is 0 Å². The second kappa shape index (κ2) is 5.91. The second-order valence-electron chi connectivity index (χ2n) is 5.90. The lowest BCUT2D eigenvalue weighted by molar-refractivity contribution is -0.130. The molecule has 0 bridgehead atoms. The predicted octanol–water partition coefficient (Wildman–Crippen LogP) is 2.34. The fourth-order valence-electron chi connectivity index (χ4n) is 1.77. The molecule has 2 rings (SSSR count). The molecule has 5 nitrogen and oxygen atoms in total. The number of aromatic nitrogens is 1. The molecule has 2 amide bonds. The number of pyridine rings is 1. The van der Waals surface area contributed by atoms with Gasteiger partial charge in [0.15, 0.2) is 0 Å². The molecule has 0 fully saturated rings. The smallest absolute Gasteiger partial charge is 0.243 e. The summed E-state index contributed by atoms with van der Waals surface area (Å²) in [6.07, 6.45) is 1.60. The molecule has 0 spiro atoms. The molecular formula is C16H19N3O2. The van der Waals surface area contributed by atoms with Gasteiger partial charge in [0.1, 0.15) is 0 Å². The van der Waals surface area contributed by atoms with Crippen molar-refractivity contribution in [2.75, 3.05) is 11.9 Å². The van der Waals surface area contributed by atoms with Crippen LogP contribution in [0.4, 0.5) is 5.69 Å². The first-order chi connectivity index (χ1) is 9.86. The van der Waals surface area contributed by atoms with Gasteiger partial charge in [0, 0.05) is 10.8 Å². The van der Waals surface area contributed by atoms with Crippen LogP contribution >= 0.6 is 0 Å². The van der Waals surface area contributed by atoms with Crippen LogP contribution in [0.3, 0.4) is 0 Å². The molecule has 0 saturated carbocycles. The van der Waals surface area contributed by atoms with Gasteiger partial charge in [-0.1, -0.05) is 39.0 Å². The summed E-state index contributed by atoms with van der Waals surface area (Å²) in [4.78, 5) is 27.8. The van der Waals surface area contributed by atoms with Crippen LogP contribution in [0.1, 0.15) is 20.8 Å². The molecule has 0 aliphatic rings. The lowest BCUT2D eigenvalue weighted by Crippen LogP contribution is -2.39. The first kappa shape index (κ1) is 15.0. The Balaban J connectivity index is 1.97. The van der Waals surface area contributed by atoms with Crippen LogP contribution in [0.15, 0.2) is 36.5 Å². The average Bonchev–Trinajstić information content (AvgIpc) is 2.43. The van der Waals surface area contributed by atoms with E-state index in [1.807, 2.05) is 30.3 Å². The summed E-state index contributed by atoms with van der Waals surface area (Å²) in [7, 11) is 0. The van der Waals surface area contributed by atoms with Crippen molar-refractivity contribution in [2.24, 2.45) is 5.41 Å². The topological polar surface area (TPSA) is 71.1 Å². The molecule has 1 aromatic heterocycles. The summed E-state index contributed by atoms with van der Waals surface area (Å²) < 4.78 is 0. The Labute approximate surface area is 123 Å². The number of hydrogen-bond donors (Lipinski definition) is 2. The van der Waals surface area contributed by atoms with Gasteiger partial charge >= 0.3 is 0 Å². The molecule has 21 heavy (non-hydrogen) atoms. The highest BCUT2D eigenvalue weighted by molar-refractivity contribution is 5.96. The van der Waals surface area contributed by atoms with Gasteiger partial charge < -0.3 is 10.6 Å². The number of amides is 2. The van der Waals surface area contributed by atoms with E-state index in [-0.39, 0.29) is 18.4 Å². The van der Waals surface area contributed by atoms with Gasteiger partial charge in [-0.3, -0.25) is 14.6 Å². The number of hydrogen-bond acceptors (Lipinski definition) is 3. The number of rotatable bonds is 3. The maximum Gasteiger partial charge on any atom is 0.243 e. The Hall–Kier alpha value is -2.43. The van der Waals surface area contributed by atoms with Gasteiger partial charge in [-0.05, 0) is 12.1 Å². The number of anilines is 1. The van der Waals surface area contributed by atoms with Crippen molar-refractivity contribution < 1.29 is 9.59 Å². The van der Waals surface area contributed by atoms with E-state index in [0.29, 0.717) is 5.69 Å². The standard InChI is InChI=1S/C16H19N3O2/c1-16(2,3)15(21)18-10-14(20)19-12-8-11-6-4-5-7-13(11)17-9-12/h4-9H,10H2,1-3H3,(H,18,21)(H,19,20). The Bertz CT molecular complexity index is 675. The molecule has 0 saturated heterocycles. The molecule has 0 aliphatic heterocycles. The van der Waals surface area contributed by atoms with Gasteiger partial charge in [0.05, 0.1) is 23.9 Å². The molecule has 5 heteroatoms. The molecule has 2 aromatic rings. The molecule has 1 heterocycles. The minimum absolute atomic E-state index is 0.0526. The van der Waals surface area contributed by atoms with Crippen LogP contribution in [0, 0.1) is 5.41 Å². The van der Waals surface area contributed by atoms with Crippen molar-refractivity contribution in [3.05, 3.63) is 36.5 Å². The Morgan fingerprint density at radius 2 is 1.90 bits per heavy atom. The number of nitrogens with zero attached hydrogens (tertiary/aromatic N) is 1. The Morgan fingerprint density at radius 3 is 2.62 bits per heavy atom. The molecule has 0 aliphatic carbocycles. The second-order valence-corrected chi connectivity index (χ2v) is 5.90. The number of para-hydroxylation sites is 1. The van der Waals surface area contributed by atoms with Crippen molar-refractivity contribution >= 4 is 28.4 Å². The molecule has 0 atom stereocenters. The number of fused-ring (bicyclic) bond motifs is 1. The largest absolute Gasteiger partial charge is 0.347 e. The Morgan fingerprint density at radius 1 is 1.19 bits per heavy atom. The monoisotopic (exact) mass is 285 g/mol. The fourth-order valence-corrected chi connectivity index (χ4v) is 1.77. The van der Waals surface area contributed by atoms with Crippen LogP contribution in [-0.2, 0) is 9.59 Å². The molecule has 1 aromatic carbocycles. The summed E-state index contributed by atoms with van der Waals surface area (Å²) >= 11 is 0. The first-order valence-electron chi connectivity index (χ1n) is 6.79. The minimum atomic E-state index is -0.509. The van der Waals surface area contributed by atoms with E-state index in [1.165, 1.54) is 0 Å². The number of benzene rings is 1. The van der Waals surface area contributed by atoms with Crippen molar-refractivity contribution in [1.82, 2.24) is 10.3 Å². The maximum atomic E-state index is 11.8. The van der Waals surface area contributed by atoms with Gasteiger partial charge in [-0.25, -0.2) is 0 Å².